The maximum atomic E-state index is 12.4. The number of nitrogens with zero attached hydrogens (tertiary/aromatic N) is 4. The van der Waals surface area contributed by atoms with Crippen LogP contribution in [-0.4, -0.2) is 33.4 Å². The summed E-state index contributed by atoms with van der Waals surface area (Å²) in [6.07, 6.45) is 3.80. The minimum absolute atomic E-state index is 0.0143. The van der Waals surface area contributed by atoms with Gasteiger partial charge in [0.15, 0.2) is 0 Å². The van der Waals surface area contributed by atoms with E-state index in [9.17, 15) is 4.79 Å². The van der Waals surface area contributed by atoms with Crippen molar-refractivity contribution in [1.82, 2.24) is 14.5 Å². The number of aromatic nitrogens is 2. The maximum absolute atomic E-state index is 12.4. The van der Waals surface area contributed by atoms with Gasteiger partial charge in [-0.15, -0.1) is 0 Å². The first-order valence-corrected chi connectivity index (χ1v) is 7.42. The molecule has 1 saturated heterocycles. The predicted molar refractivity (Wildman–Crippen MR) is 82.4 cm³/mol. The summed E-state index contributed by atoms with van der Waals surface area (Å²) in [7, 11) is 0. The van der Waals surface area contributed by atoms with Crippen molar-refractivity contribution in [3.05, 3.63) is 53.6 Å². The largest absolute Gasteiger partial charge is 0.334 e. The Morgan fingerprint density at radius 3 is 2.86 bits per heavy atom. The quantitative estimate of drug-likeness (QED) is 0.874. The van der Waals surface area contributed by atoms with Gasteiger partial charge in [-0.05, 0) is 18.2 Å². The average molecular weight is 294 g/mol. The molecule has 0 aliphatic carbocycles. The van der Waals surface area contributed by atoms with Crippen LogP contribution in [0.1, 0.15) is 47.6 Å². The topological polar surface area (TPSA) is 61.9 Å². The van der Waals surface area contributed by atoms with Crippen molar-refractivity contribution in [2.75, 3.05) is 13.1 Å². The zero-order chi connectivity index (χ0) is 15.7. The summed E-state index contributed by atoms with van der Waals surface area (Å²) in [5, 5.41) is 8.92. The second kappa shape index (κ2) is 5.64. The third-order valence-electron chi connectivity index (χ3n) is 4.00. The van der Waals surface area contributed by atoms with Crippen LogP contribution in [0.2, 0.25) is 0 Å². The SMILES string of the molecule is CC(C)c1nccn1C1CN(C(=O)c2cccc(C#N)c2)C1. The van der Waals surface area contributed by atoms with E-state index in [2.05, 4.69) is 29.5 Å². The van der Waals surface area contributed by atoms with E-state index < -0.39 is 0 Å². The van der Waals surface area contributed by atoms with Crippen LogP contribution in [0.25, 0.3) is 0 Å². The number of rotatable bonds is 3. The minimum atomic E-state index is -0.0143. The van der Waals surface area contributed by atoms with Crippen LogP contribution in [0, 0.1) is 11.3 Å². The van der Waals surface area contributed by atoms with E-state index in [4.69, 9.17) is 5.26 Å². The van der Waals surface area contributed by atoms with Crippen molar-refractivity contribution in [3.63, 3.8) is 0 Å². The lowest BCUT2D eigenvalue weighted by Crippen LogP contribution is -2.51. The average Bonchev–Trinajstić information content (AvgIpc) is 2.95. The van der Waals surface area contributed by atoms with Gasteiger partial charge in [0.1, 0.15) is 5.82 Å². The first-order chi connectivity index (χ1) is 10.6. The Bertz CT molecular complexity index is 735. The molecule has 1 aliphatic rings. The van der Waals surface area contributed by atoms with E-state index in [-0.39, 0.29) is 5.91 Å². The van der Waals surface area contributed by atoms with Gasteiger partial charge < -0.3 is 9.47 Å². The Balaban J connectivity index is 1.69. The van der Waals surface area contributed by atoms with Gasteiger partial charge in [-0.1, -0.05) is 19.9 Å². The maximum Gasteiger partial charge on any atom is 0.254 e. The second-order valence-corrected chi connectivity index (χ2v) is 5.90. The lowest BCUT2D eigenvalue weighted by Gasteiger charge is -2.40. The Kier molecular flexibility index (Phi) is 3.68. The Labute approximate surface area is 129 Å². The lowest BCUT2D eigenvalue weighted by molar-refractivity contribution is 0.0515. The van der Waals surface area contributed by atoms with E-state index in [0.29, 0.717) is 36.2 Å². The van der Waals surface area contributed by atoms with Crippen LogP contribution in [0.5, 0.6) is 0 Å². The molecule has 22 heavy (non-hydrogen) atoms. The highest BCUT2D eigenvalue weighted by Gasteiger charge is 2.33. The van der Waals surface area contributed by atoms with E-state index in [1.54, 1.807) is 24.3 Å². The van der Waals surface area contributed by atoms with Crippen LogP contribution in [0.3, 0.4) is 0 Å². The van der Waals surface area contributed by atoms with Crippen LogP contribution in [-0.2, 0) is 0 Å². The molecule has 2 aromatic rings. The monoisotopic (exact) mass is 294 g/mol. The molecule has 5 nitrogen and oxygen atoms in total. The highest BCUT2D eigenvalue weighted by molar-refractivity contribution is 5.95. The van der Waals surface area contributed by atoms with Gasteiger partial charge in [0.25, 0.3) is 5.91 Å². The summed E-state index contributed by atoms with van der Waals surface area (Å²) in [6.45, 7) is 5.61. The molecule has 0 atom stereocenters. The summed E-state index contributed by atoms with van der Waals surface area (Å²) >= 11 is 0. The van der Waals surface area contributed by atoms with Gasteiger partial charge in [-0.3, -0.25) is 4.79 Å². The molecule has 0 bridgehead atoms. The zero-order valence-corrected chi connectivity index (χ0v) is 12.7. The molecule has 1 aliphatic heterocycles. The fraction of sp³-hybridized carbons (Fsp3) is 0.353. The number of carbonyl (C=O) groups excluding carboxylic acids is 1. The second-order valence-electron chi connectivity index (χ2n) is 5.90. The third kappa shape index (κ3) is 2.48. The first-order valence-electron chi connectivity index (χ1n) is 7.42. The van der Waals surface area contributed by atoms with Crippen LogP contribution < -0.4 is 0 Å². The smallest absolute Gasteiger partial charge is 0.254 e. The van der Waals surface area contributed by atoms with Gasteiger partial charge in [-0.2, -0.15) is 5.26 Å². The molecular formula is C17H18N4O. The van der Waals surface area contributed by atoms with Gasteiger partial charge in [0, 0.05) is 37.0 Å². The number of hydrogen-bond donors (Lipinski definition) is 0. The molecule has 0 saturated carbocycles. The molecular weight excluding hydrogens is 276 g/mol. The molecule has 0 N–H and O–H groups in total. The van der Waals surface area contributed by atoms with Crippen LogP contribution in [0.4, 0.5) is 0 Å². The molecule has 1 fully saturated rings. The van der Waals surface area contributed by atoms with Crippen molar-refractivity contribution < 1.29 is 4.79 Å². The van der Waals surface area contributed by atoms with Gasteiger partial charge >= 0.3 is 0 Å². The Hall–Kier alpha value is -2.61. The van der Waals surface area contributed by atoms with E-state index >= 15 is 0 Å². The number of nitriles is 1. The van der Waals surface area contributed by atoms with Crippen molar-refractivity contribution >= 4 is 5.91 Å². The molecule has 112 valence electrons. The number of amides is 1. The normalized spacial score (nSPS) is 14.7. The fourth-order valence-electron chi connectivity index (χ4n) is 2.78. The van der Waals surface area contributed by atoms with Gasteiger partial charge in [0.2, 0.25) is 0 Å². The standard InChI is InChI=1S/C17H18N4O/c1-12(2)16-19-6-7-21(16)15-10-20(11-15)17(22)14-5-3-4-13(8-14)9-18/h3-8,12,15H,10-11H2,1-2H3. The predicted octanol–water partition coefficient (Wildman–Crippen LogP) is 2.58. The van der Waals surface area contributed by atoms with Crippen molar-refractivity contribution in [2.45, 2.75) is 25.8 Å². The third-order valence-corrected chi connectivity index (χ3v) is 4.00. The minimum Gasteiger partial charge on any atom is -0.334 e. The number of benzene rings is 1. The first kappa shape index (κ1) is 14.3. The molecule has 3 rings (SSSR count). The molecule has 1 aromatic carbocycles. The summed E-state index contributed by atoms with van der Waals surface area (Å²) in [4.78, 5) is 18.6. The van der Waals surface area contributed by atoms with E-state index in [0.717, 1.165) is 5.82 Å². The molecule has 0 spiro atoms. The molecule has 5 heteroatoms. The number of hydrogen-bond acceptors (Lipinski definition) is 3. The molecule has 2 heterocycles. The Morgan fingerprint density at radius 2 is 2.18 bits per heavy atom. The van der Waals surface area contributed by atoms with E-state index in [1.807, 2.05) is 17.3 Å². The summed E-state index contributed by atoms with van der Waals surface area (Å²) in [6, 6.07) is 9.21. The molecule has 1 aromatic heterocycles. The highest BCUT2D eigenvalue weighted by atomic mass is 16.2. The number of imidazole rings is 1. The number of carbonyl (C=O) groups is 1. The summed E-state index contributed by atoms with van der Waals surface area (Å²) < 4.78 is 2.17. The van der Waals surface area contributed by atoms with Crippen molar-refractivity contribution in [3.8, 4) is 6.07 Å². The molecule has 0 radical (unpaired) electrons. The van der Waals surface area contributed by atoms with Crippen LogP contribution in [0.15, 0.2) is 36.7 Å². The highest BCUT2D eigenvalue weighted by Crippen LogP contribution is 2.26. The zero-order valence-electron chi connectivity index (χ0n) is 12.7. The lowest BCUT2D eigenvalue weighted by atomic mass is 10.0. The fourth-order valence-corrected chi connectivity index (χ4v) is 2.78. The van der Waals surface area contributed by atoms with E-state index in [1.165, 1.54) is 0 Å². The van der Waals surface area contributed by atoms with Crippen molar-refractivity contribution in [2.24, 2.45) is 0 Å². The summed E-state index contributed by atoms with van der Waals surface area (Å²) in [5.41, 5.74) is 1.09. The van der Waals surface area contributed by atoms with Crippen molar-refractivity contribution in [1.29, 1.82) is 5.26 Å². The summed E-state index contributed by atoms with van der Waals surface area (Å²) in [5.74, 6) is 1.41. The van der Waals surface area contributed by atoms with Gasteiger partial charge in [0.05, 0.1) is 17.7 Å². The van der Waals surface area contributed by atoms with Gasteiger partial charge in [-0.25, -0.2) is 4.98 Å². The number of likely N-dealkylation sites (tertiary alicyclic amines) is 1. The molecule has 1 amide bonds. The van der Waals surface area contributed by atoms with Crippen LogP contribution >= 0.6 is 0 Å². The molecule has 0 unspecified atom stereocenters. The Morgan fingerprint density at radius 1 is 1.41 bits per heavy atom.